The van der Waals surface area contributed by atoms with Gasteiger partial charge in [0.1, 0.15) is 0 Å². The smallest absolute Gasteiger partial charge is 0.399 e. The van der Waals surface area contributed by atoms with Crippen molar-refractivity contribution in [2.75, 3.05) is 6.54 Å². The van der Waals surface area contributed by atoms with Gasteiger partial charge in [0.2, 0.25) is 0 Å². The Bertz CT molecular complexity index is 538. The Morgan fingerprint density at radius 2 is 1.90 bits per heavy atom. The van der Waals surface area contributed by atoms with Gasteiger partial charge < -0.3 is 14.6 Å². The van der Waals surface area contributed by atoms with Crippen molar-refractivity contribution in [1.29, 1.82) is 0 Å². The minimum Gasteiger partial charge on any atom is -0.399 e. The van der Waals surface area contributed by atoms with Crippen LogP contribution in [0.25, 0.3) is 0 Å². The van der Waals surface area contributed by atoms with Gasteiger partial charge in [0.05, 0.1) is 11.2 Å². The summed E-state index contributed by atoms with van der Waals surface area (Å²) in [7, 11) is -0.456. The van der Waals surface area contributed by atoms with Crippen molar-refractivity contribution in [2.45, 2.75) is 38.9 Å². The van der Waals surface area contributed by atoms with E-state index in [2.05, 4.69) is 11.9 Å². The zero-order valence-electron chi connectivity index (χ0n) is 13.1. The fourth-order valence-electron chi connectivity index (χ4n) is 2.07. The van der Waals surface area contributed by atoms with Gasteiger partial charge in [-0.3, -0.25) is 4.79 Å². The molecule has 1 aliphatic heterocycles. The first-order chi connectivity index (χ1) is 9.77. The predicted octanol–water partition coefficient (Wildman–Crippen LogP) is 1.90. The van der Waals surface area contributed by atoms with Gasteiger partial charge in [-0.25, -0.2) is 0 Å². The minimum atomic E-state index is -0.456. The van der Waals surface area contributed by atoms with Crippen LogP contribution in [0.5, 0.6) is 0 Å². The normalized spacial score (nSPS) is 19.3. The average molecular weight is 287 g/mol. The number of hydrogen-bond donors (Lipinski definition) is 1. The van der Waals surface area contributed by atoms with Gasteiger partial charge in [-0.2, -0.15) is 0 Å². The molecule has 5 heteroatoms. The Hall–Kier alpha value is -1.59. The van der Waals surface area contributed by atoms with Crippen molar-refractivity contribution >= 4 is 18.5 Å². The van der Waals surface area contributed by atoms with Gasteiger partial charge in [0, 0.05) is 12.1 Å². The molecule has 1 aromatic carbocycles. The fraction of sp³-hybridized carbons (Fsp3) is 0.438. The van der Waals surface area contributed by atoms with Crippen molar-refractivity contribution in [3.05, 3.63) is 42.5 Å². The van der Waals surface area contributed by atoms with E-state index in [0.717, 1.165) is 5.46 Å². The molecule has 0 aliphatic carbocycles. The standard InChI is InChI=1S/C16H22BNO3/c1-6-10-18-14(19)12-8-7-9-13(11-12)17-20-15(2,3)16(4,5)21-17/h6-9,11H,1,10H2,2-5H3,(H,18,19). The van der Waals surface area contributed by atoms with Crippen LogP contribution in [0.2, 0.25) is 0 Å². The highest BCUT2D eigenvalue weighted by atomic mass is 16.7. The zero-order chi connectivity index (χ0) is 15.7. The highest BCUT2D eigenvalue weighted by molar-refractivity contribution is 6.62. The minimum absolute atomic E-state index is 0.131. The molecular formula is C16H22BNO3. The van der Waals surface area contributed by atoms with Gasteiger partial charge in [-0.15, -0.1) is 6.58 Å². The second-order valence-corrected chi connectivity index (χ2v) is 6.21. The van der Waals surface area contributed by atoms with E-state index in [0.29, 0.717) is 12.1 Å². The van der Waals surface area contributed by atoms with Gasteiger partial charge in [0.25, 0.3) is 5.91 Å². The van der Waals surface area contributed by atoms with E-state index in [1.54, 1.807) is 18.2 Å². The van der Waals surface area contributed by atoms with E-state index in [9.17, 15) is 4.79 Å². The first kappa shape index (κ1) is 15.8. The fourth-order valence-corrected chi connectivity index (χ4v) is 2.07. The summed E-state index contributed by atoms with van der Waals surface area (Å²) in [5, 5.41) is 2.76. The van der Waals surface area contributed by atoms with E-state index in [-0.39, 0.29) is 5.91 Å². The molecule has 2 rings (SSSR count). The van der Waals surface area contributed by atoms with Gasteiger partial charge in [-0.1, -0.05) is 18.2 Å². The van der Waals surface area contributed by atoms with Crippen molar-refractivity contribution < 1.29 is 14.1 Å². The maximum Gasteiger partial charge on any atom is 0.494 e. The highest BCUT2D eigenvalue weighted by Crippen LogP contribution is 2.36. The molecule has 1 N–H and O–H groups in total. The SMILES string of the molecule is C=CCNC(=O)c1cccc(B2OC(C)(C)C(C)(C)O2)c1. The molecule has 0 bridgehead atoms. The Balaban J connectivity index is 2.19. The molecule has 1 heterocycles. The van der Waals surface area contributed by atoms with Crippen LogP contribution in [0.15, 0.2) is 36.9 Å². The Kier molecular flexibility index (Phi) is 4.26. The van der Waals surface area contributed by atoms with Crippen LogP contribution < -0.4 is 10.8 Å². The molecule has 21 heavy (non-hydrogen) atoms. The lowest BCUT2D eigenvalue weighted by Crippen LogP contribution is -2.41. The van der Waals surface area contributed by atoms with Crippen molar-refractivity contribution in [3.63, 3.8) is 0 Å². The van der Waals surface area contributed by atoms with Crippen LogP contribution in [-0.2, 0) is 9.31 Å². The first-order valence-electron chi connectivity index (χ1n) is 7.11. The molecule has 0 aromatic heterocycles. The summed E-state index contributed by atoms with van der Waals surface area (Å²) in [6.45, 7) is 12.1. The second kappa shape index (κ2) is 5.66. The quantitative estimate of drug-likeness (QED) is 0.679. The van der Waals surface area contributed by atoms with E-state index in [1.165, 1.54) is 0 Å². The first-order valence-corrected chi connectivity index (χ1v) is 7.11. The number of nitrogens with one attached hydrogen (secondary N) is 1. The highest BCUT2D eigenvalue weighted by Gasteiger charge is 2.51. The molecule has 112 valence electrons. The van der Waals surface area contributed by atoms with E-state index < -0.39 is 18.3 Å². The topological polar surface area (TPSA) is 47.6 Å². The summed E-state index contributed by atoms with van der Waals surface area (Å²) in [6, 6.07) is 7.32. The van der Waals surface area contributed by atoms with Gasteiger partial charge >= 0.3 is 7.12 Å². The van der Waals surface area contributed by atoms with Gasteiger partial charge in [-0.05, 0) is 45.3 Å². The molecular weight excluding hydrogens is 265 g/mol. The predicted molar refractivity (Wildman–Crippen MR) is 84.7 cm³/mol. The molecule has 1 aliphatic rings. The summed E-state index contributed by atoms with van der Waals surface area (Å²) in [5.41, 5.74) is 0.654. The molecule has 0 saturated carbocycles. The molecule has 0 atom stereocenters. The number of rotatable bonds is 4. The lowest BCUT2D eigenvalue weighted by Gasteiger charge is -2.32. The third-order valence-corrected chi connectivity index (χ3v) is 4.08. The maximum absolute atomic E-state index is 12.0. The van der Waals surface area contributed by atoms with Crippen LogP contribution in [0.1, 0.15) is 38.1 Å². The zero-order valence-corrected chi connectivity index (χ0v) is 13.1. The van der Waals surface area contributed by atoms with E-state index in [4.69, 9.17) is 9.31 Å². The molecule has 1 saturated heterocycles. The Morgan fingerprint density at radius 1 is 1.29 bits per heavy atom. The number of hydrogen-bond acceptors (Lipinski definition) is 3. The van der Waals surface area contributed by atoms with Crippen molar-refractivity contribution in [3.8, 4) is 0 Å². The molecule has 1 fully saturated rings. The molecule has 1 aromatic rings. The van der Waals surface area contributed by atoms with Crippen LogP contribution in [-0.4, -0.2) is 30.8 Å². The van der Waals surface area contributed by atoms with Crippen LogP contribution in [0, 0.1) is 0 Å². The molecule has 0 spiro atoms. The van der Waals surface area contributed by atoms with Gasteiger partial charge in [0.15, 0.2) is 0 Å². The number of amides is 1. The number of benzene rings is 1. The molecule has 0 unspecified atom stereocenters. The largest absolute Gasteiger partial charge is 0.494 e. The summed E-state index contributed by atoms with van der Waals surface area (Å²) in [5.74, 6) is -0.131. The second-order valence-electron chi connectivity index (χ2n) is 6.21. The van der Waals surface area contributed by atoms with Crippen molar-refractivity contribution in [1.82, 2.24) is 5.32 Å². The summed E-state index contributed by atoms with van der Waals surface area (Å²) >= 11 is 0. The third kappa shape index (κ3) is 3.19. The lowest BCUT2D eigenvalue weighted by molar-refractivity contribution is 0.00578. The molecule has 0 radical (unpaired) electrons. The van der Waals surface area contributed by atoms with E-state index in [1.807, 2.05) is 39.8 Å². The van der Waals surface area contributed by atoms with Crippen LogP contribution in [0.4, 0.5) is 0 Å². The summed E-state index contributed by atoms with van der Waals surface area (Å²) in [6.07, 6.45) is 1.65. The Morgan fingerprint density at radius 3 is 2.48 bits per heavy atom. The Labute approximate surface area is 126 Å². The number of carbonyl (C=O) groups is 1. The number of carbonyl (C=O) groups excluding carboxylic acids is 1. The molecule has 4 nitrogen and oxygen atoms in total. The average Bonchev–Trinajstić information content (AvgIpc) is 2.65. The monoisotopic (exact) mass is 287 g/mol. The summed E-state index contributed by atoms with van der Waals surface area (Å²) < 4.78 is 12.0. The summed E-state index contributed by atoms with van der Waals surface area (Å²) in [4.78, 5) is 12.0. The van der Waals surface area contributed by atoms with Crippen LogP contribution in [0.3, 0.4) is 0 Å². The lowest BCUT2D eigenvalue weighted by atomic mass is 9.78. The maximum atomic E-state index is 12.0. The third-order valence-electron chi connectivity index (χ3n) is 4.08. The molecule has 1 amide bonds. The van der Waals surface area contributed by atoms with Crippen LogP contribution >= 0.6 is 0 Å². The van der Waals surface area contributed by atoms with E-state index >= 15 is 0 Å². The van der Waals surface area contributed by atoms with Crippen molar-refractivity contribution in [2.24, 2.45) is 0 Å².